The Labute approximate surface area is 88.1 Å². The molecule has 4 heteroatoms. The molecule has 0 fully saturated rings. The van der Waals surface area contributed by atoms with Crippen LogP contribution < -0.4 is 5.73 Å². The number of rotatable bonds is 0. The number of imidazole rings is 1. The lowest BCUT2D eigenvalue weighted by Crippen LogP contribution is -2.13. The number of anilines is 1. The summed E-state index contributed by atoms with van der Waals surface area (Å²) in [6.45, 7) is 5.46. The zero-order valence-corrected chi connectivity index (χ0v) is 8.99. The Morgan fingerprint density at radius 2 is 2.27 bits per heavy atom. The highest BCUT2D eigenvalue weighted by atomic mass is 15.2. The largest absolute Gasteiger partial charge is 0.397 e. The minimum Gasteiger partial charge on any atom is -0.397 e. The van der Waals surface area contributed by atoms with Crippen molar-refractivity contribution in [3.05, 3.63) is 18.1 Å². The molecule has 0 bridgehead atoms. The number of hydrogen-bond acceptors (Lipinski definition) is 3. The Balaban J connectivity index is 2.34. The summed E-state index contributed by atoms with van der Waals surface area (Å²) in [5, 5.41) is 0. The van der Waals surface area contributed by atoms with Gasteiger partial charge in [0.05, 0.1) is 11.9 Å². The van der Waals surface area contributed by atoms with E-state index in [1.807, 2.05) is 6.07 Å². The van der Waals surface area contributed by atoms with Crippen molar-refractivity contribution < 1.29 is 0 Å². The molecule has 78 valence electrons. The van der Waals surface area contributed by atoms with Crippen LogP contribution in [0.5, 0.6) is 0 Å². The van der Waals surface area contributed by atoms with Crippen LogP contribution in [0.2, 0.25) is 0 Å². The van der Waals surface area contributed by atoms with E-state index in [4.69, 9.17) is 5.73 Å². The van der Waals surface area contributed by atoms with Gasteiger partial charge in [0.2, 0.25) is 0 Å². The molecule has 0 amide bonds. The molecule has 4 nitrogen and oxygen atoms in total. The first-order valence-electron chi connectivity index (χ1n) is 5.20. The van der Waals surface area contributed by atoms with Gasteiger partial charge >= 0.3 is 0 Å². The van der Waals surface area contributed by atoms with E-state index in [1.54, 1.807) is 6.20 Å². The molecule has 3 rings (SSSR count). The first-order chi connectivity index (χ1) is 7.08. The average molecular weight is 202 g/mol. The van der Waals surface area contributed by atoms with Gasteiger partial charge in [-0.25, -0.2) is 9.97 Å². The van der Waals surface area contributed by atoms with E-state index >= 15 is 0 Å². The van der Waals surface area contributed by atoms with Gasteiger partial charge in [-0.3, -0.25) is 0 Å². The number of pyridine rings is 1. The first kappa shape index (κ1) is 8.71. The van der Waals surface area contributed by atoms with E-state index in [9.17, 15) is 0 Å². The monoisotopic (exact) mass is 202 g/mol. The van der Waals surface area contributed by atoms with Crippen molar-refractivity contribution in [3.8, 4) is 0 Å². The lowest BCUT2D eigenvalue weighted by molar-refractivity contribution is 0.510. The molecule has 0 saturated heterocycles. The standard InChI is InChI=1S/C11H14N4/c1-11(2)3-4-15-9-8(14-10(11)15)5-7(12)6-13-9/h5-6H,3-4,12H2,1-2H3. The number of nitrogens with zero attached hydrogens (tertiary/aromatic N) is 3. The summed E-state index contributed by atoms with van der Waals surface area (Å²) >= 11 is 0. The third-order valence-electron chi connectivity index (χ3n) is 3.17. The van der Waals surface area contributed by atoms with E-state index in [2.05, 4.69) is 28.4 Å². The van der Waals surface area contributed by atoms with Crippen molar-refractivity contribution >= 4 is 16.9 Å². The fourth-order valence-corrected chi connectivity index (χ4v) is 2.26. The van der Waals surface area contributed by atoms with Gasteiger partial charge in [0.25, 0.3) is 0 Å². The Hall–Kier alpha value is -1.58. The lowest BCUT2D eigenvalue weighted by Gasteiger charge is -2.13. The van der Waals surface area contributed by atoms with Crippen LogP contribution >= 0.6 is 0 Å². The number of aryl methyl sites for hydroxylation is 1. The summed E-state index contributed by atoms with van der Waals surface area (Å²) < 4.78 is 2.20. The Morgan fingerprint density at radius 3 is 3.07 bits per heavy atom. The lowest BCUT2D eigenvalue weighted by atomic mass is 9.91. The fourth-order valence-electron chi connectivity index (χ4n) is 2.26. The van der Waals surface area contributed by atoms with Gasteiger partial charge in [-0.1, -0.05) is 13.8 Å². The van der Waals surface area contributed by atoms with Crippen molar-refractivity contribution in [2.24, 2.45) is 0 Å². The summed E-state index contributed by atoms with van der Waals surface area (Å²) in [6.07, 6.45) is 2.83. The summed E-state index contributed by atoms with van der Waals surface area (Å²) in [6, 6.07) is 1.89. The molecule has 0 radical (unpaired) electrons. The molecule has 1 aliphatic heterocycles. The molecule has 15 heavy (non-hydrogen) atoms. The maximum atomic E-state index is 5.70. The second-order valence-electron chi connectivity index (χ2n) is 4.83. The Morgan fingerprint density at radius 1 is 1.47 bits per heavy atom. The molecule has 2 N–H and O–H groups in total. The van der Waals surface area contributed by atoms with Crippen LogP contribution in [0.15, 0.2) is 12.3 Å². The van der Waals surface area contributed by atoms with Crippen molar-refractivity contribution in [3.63, 3.8) is 0 Å². The quantitative estimate of drug-likeness (QED) is 0.707. The summed E-state index contributed by atoms with van der Waals surface area (Å²) in [5.74, 6) is 1.13. The van der Waals surface area contributed by atoms with Crippen molar-refractivity contribution in [2.45, 2.75) is 32.2 Å². The molecule has 1 aliphatic rings. The van der Waals surface area contributed by atoms with E-state index in [0.717, 1.165) is 30.0 Å². The molecule has 2 aromatic rings. The summed E-state index contributed by atoms with van der Waals surface area (Å²) in [7, 11) is 0. The molecule has 0 aliphatic carbocycles. The highest BCUT2D eigenvalue weighted by Gasteiger charge is 2.33. The van der Waals surface area contributed by atoms with Crippen LogP contribution in [0, 0.1) is 0 Å². The normalized spacial score (nSPS) is 18.3. The molecular weight excluding hydrogens is 188 g/mol. The zero-order valence-electron chi connectivity index (χ0n) is 8.99. The third-order valence-corrected chi connectivity index (χ3v) is 3.17. The molecule has 0 saturated carbocycles. The van der Waals surface area contributed by atoms with Crippen molar-refractivity contribution in [2.75, 3.05) is 5.73 Å². The van der Waals surface area contributed by atoms with Crippen LogP contribution in [0.1, 0.15) is 26.1 Å². The predicted molar refractivity (Wildman–Crippen MR) is 59.6 cm³/mol. The Kier molecular flexibility index (Phi) is 1.45. The van der Waals surface area contributed by atoms with Gasteiger partial charge < -0.3 is 10.3 Å². The molecule has 0 aromatic carbocycles. The number of nitrogen functional groups attached to an aromatic ring is 1. The Bertz CT molecular complexity index is 539. The fraction of sp³-hybridized carbons (Fsp3) is 0.455. The van der Waals surface area contributed by atoms with E-state index < -0.39 is 0 Å². The van der Waals surface area contributed by atoms with Crippen LogP contribution in [0.25, 0.3) is 11.2 Å². The van der Waals surface area contributed by atoms with Gasteiger partial charge in [0.1, 0.15) is 11.3 Å². The molecular formula is C11H14N4. The molecule has 0 spiro atoms. The van der Waals surface area contributed by atoms with Crippen molar-refractivity contribution in [1.29, 1.82) is 0 Å². The van der Waals surface area contributed by atoms with E-state index in [0.29, 0.717) is 5.69 Å². The smallest absolute Gasteiger partial charge is 0.160 e. The van der Waals surface area contributed by atoms with Crippen LogP contribution in [0.3, 0.4) is 0 Å². The summed E-state index contributed by atoms with van der Waals surface area (Å²) in [5.41, 5.74) is 8.42. The number of hydrogen-bond donors (Lipinski definition) is 1. The van der Waals surface area contributed by atoms with Crippen LogP contribution in [0.4, 0.5) is 5.69 Å². The van der Waals surface area contributed by atoms with Crippen LogP contribution in [-0.4, -0.2) is 14.5 Å². The highest BCUT2D eigenvalue weighted by Crippen LogP contribution is 2.35. The number of aromatic nitrogens is 3. The van der Waals surface area contributed by atoms with Gasteiger partial charge in [-0.05, 0) is 12.5 Å². The molecule has 0 atom stereocenters. The maximum Gasteiger partial charge on any atom is 0.160 e. The SMILES string of the molecule is CC1(C)CCn2c1nc1cc(N)cnc12. The van der Waals surface area contributed by atoms with E-state index in [-0.39, 0.29) is 5.41 Å². The minimum absolute atomic E-state index is 0.162. The van der Waals surface area contributed by atoms with Crippen LogP contribution in [-0.2, 0) is 12.0 Å². The highest BCUT2D eigenvalue weighted by molar-refractivity contribution is 5.75. The molecule has 2 aromatic heterocycles. The zero-order chi connectivity index (χ0) is 10.6. The van der Waals surface area contributed by atoms with Gasteiger partial charge in [-0.2, -0.15) is 0 Å². The first-order valence-corrected chi connectivity index (χ1v) is 5.20. The van der Waals surface area contributed by atoms with Gasteiger partial charge in [-0.15, -0.1) is 0 Å². The maximum absolute atomic E-state index is 5.70. The number of fused-ring (bicyclic) bond motifs is 3. The third kappa shape index (κ3) is 1.07. The minimum atomic E-state index is 0.162. The second kappa shape index (κ2) is 2.51. The molecule has 0 unspecified atom stereocenters. The molecule has 3 heterocycles. The van der Waals surface area contributed by atoms with Gasteiger partial charge in [0, 0.05) is 12.0 Å². The number of nitrogens with two attached hydrogens (primary N) is 1. The van der Waals surface area contributed by atoms with Crippen molar-refractivity contribution in [1.82, 2.24) is 14.5 Å². The second-order valence-corrected chi connectivity index (χ2v) is 4.83. The van der Waals surface area contributed by atoms with E-state index in [1.165, 1.54) is 0 Å². The van der Waals surface area contributed by atoms with Gasteiger partial charge in [0.15, 0.2) is 5.65 Å². The topological polar surface area (TPSA) is 56.7 Å². The average Bonchev–Trinajstić information content (AvgIpc) is 2.65. The predicted octanol–water partition coefficient (Wildman–Crippen LogP) is 1.69. The summed E-state index contributed by atoms with van der Waals surface area (Å²) in [4.78, 5) is 8.98.